The number of nitrogens with zero attached hydrogens (tertiary/aromatic N) is 15. The van der Waals surface area contributed by atoms with Gasteiger partial charge in [0.25, 0.3) is 11.8 Å². The first kappa shape index (κ1) is 62.7. The maximum atomic E-state index is 11.8. The second-order valence-corrected chi connectivity index (χ2v) is 33.5. The highest BCUT2D eigenvalue weighted by atomic mass is 79.9. The molecule has 139 heavy (non-hydrogen) atoms. The Balaban J connectivity index is -0.0000000399. The van der Waals surface area contributed by atoms with E-state index in [0.717, 1.165) is 36.8 Å². The third-order valence-electron chi connectivity index (χ3n) is 19.8. The number of likely N-dealkylation sites (N-methyl/N-ethyl adjacent to an activating group) is 6. The predicted molar refractivity (Wildman–Crippen MR) is 648 cm³/mol. The van der Waals surface area contributed by atoms with Gasteiger partial charge in [-0.15, -0.1) is 0 Å². The maximum absolute atomic E-state index is 11.8. The molecule has 1 fully saturated rings. The van der Waals surface area contributed by atoms with E-state index in [0.29, 0.717) is 212 Å². The monoisotopic (exact) mass is 2310 g/mol. The lowest BCUT2D eigenvalue weighted by atomic mass is 9.76. The molecule has 12 rings (SSSR count). The van der Waals surface area contributed by atoms with Crippen LogP contribution < -0.4 is 66.4 Å². The molecule has 1 saturated heterocycles. The van der Waals surface area contributed by atoms with Crippen molar-refractivity contribution in [3.63, 3.8) is 0 Å². The minimum absolute atomic E-state index is 0.0324. The normalized spacial score (nSPS) is 14.6. The van der Waals surface area contributed by atoms with Crippen LogP contribution in [0.25, 0.3) is 19.4 Å². The van der Waals surface area contributed by atoms with E-state index in [-0.39, 0.29) is 21.6 Å². The number of halogens is 6. The van der Waals surface area contributed by atoms with Crippen LogP contribution in [0.15, 0.2) is 155 Å². The Hall–Kier alpha value is -12.3. The lowest BCUT2D eigenvalue weighted by molar-refractivity contribution is 0.00578. The molecule has 0 spiro atoms. The number of phenolic OH excluding ortho intramolecular Hbond substituents is 1. The molecule has 45 heteroatoms. The highest BCUT2D eigenvalue weighted by molar-refractivity contribution is 9.10. The first-order valence-electron chi connectivity index (χ1n) is 89.8. The molecule has 0 aliphatic carbocycles. The van der Waals surface area contributed by atoms with Crippen molar-refractivity contribution in [2.45, 2.75) is 45.5 Å². The molecular formula is C94H204B2Br2Cl4N18O19. The number of fused-ring (bicyclic) bond motifs is 1. The fourth-order valence-corrected chi connectivity index (χ4v) is 12.9. The zero-order chi connectivity index (χ0) is 199. The van der Waals surface area contributed by atoms with Crippen molar-refractivity contribution in [2.24, 2.45) is 11.5 Å². The molecule has 0 radical (unpaired) electrons. The van der Waals surface area contributed by atoms with Gasteiger partial charge in [-0.3, -0.25) is 24.0 Å². The Labute approximate surface area is 994 Å². The number of phenols is 1. The van der Waals surface area contributed by atoms with Crippen molar-refractivity contribution < 1.29 is 233 Å². The molecule has 2 aliphatic heterocycles. The van der Waals surface area contributed by atoms with Crippen molar-refractivity contribution >= 4 is 186 Å². The summed E-state index contributed by atoms with van der Waals surface area (Å²) in [4.78, 5) is 103. The van der Waals surface area contributed by atoms with Crippen molar-refractivity contribution in [1.82, 2.24) is 35.2 Å². The van der Waals surface area contributed by atoms with Crippen molar-refractivity contribution in [1.29, 1.82) is 0 Å². The maximum Gasteiger partial charge on any atom is 0.495 e. The molecule has 2 amide bonds. The standard InChI is InChI=1S/C23H28BN3O5.C17H18BN3O4.C17H16BrN3O3.C10H14ClN3O2.C10H12ClN3O.C7H5BrO2.C6H4Cl2N2O.C4H11NO.48H2/c1-22(2)23(3,4)32-24(31-22)18-9-8-17(14-16(18)15-28)30-20-11-10-19(25-5)21(26-20)27(6)12-13-29-7;1-19-15-6-7-16(20-17(15)21(2)8-9-23-3)25-13-4-5-14-12(10-13)11-24-18(14)22;1-19-15-6-7-16(20-17(15)21(2)8-9-23-3)24-13-4-5-14(18)12(10-13)11-22;1-14(5-6-16-2)10-7(9(12)15)3-4-8(11)13-10;1-12-8-4-5-9(11)13-10(8)14(2)6-7-15-3;8-7-2-1-6(10)3-5(7)4-9;7-4-2-1-3(6(9)11)5(8)10-4;1-5-3-4-6-2;;;;;;;;;;;;;;;;;;;;;;;;;;;;;;;;;;;;;;;;;;;;;;;;/h8-11,14-15H,12-13H2,1-4,6-7H3;4-7,10,22H,8-9,11H2,2-3H3;4-7,10-11H,8-9H2,2-3H3;3-4H,5-6H2,1-2H3,(H2,12,15);4-5H,6-7H2,2-3H3;1-4,10H;1-2H,(H2,9,11);5H,3-4H2,1-2H3;48*1H/i;;;;;;;;48*1+1D. The van der Waals surface area contributed by atoms with Crippen LogP contribution in [0.1, 0.15) is 228 Å². The van der Waals surface area contributed by atoms with E-state index in [1.807, 2.05) is 88.6 Å². The van der Waals surface area contributed by atoms with Gasteiger partial charge in [0.15, 0.2) is 12.6 Å². The van der Waals surface area contributed by atoms with Crippen LogP contribution in [0, 0.1) is 26.3 Å². The third-order valence-corrected chi connectivity index (χ3v) is 22.2. The summed E-state index contributed by atoms with van der Waals surface area (Å²) >= 11 is 29.0. The molecule has 0 atom stereocenters. The number of aromatic hydroxyl groups is 1. The molecule has 0 unspecified atom stereocenters. The van der Waals surface area contributed by atoms with Crippen LogP contribution >= 0.6 is 78.3 Å². The van der Waals surface area contributed by atoms with E-state index in [1.54, 1.807) is 164 Å². The number of methoxy groups -OCH3 is 6. The number of anilines is 5. The predicted octanol–water partition coefficient (Wildman–Crippen LogP) is 27.8. The van der Waals surface area contributed by atoms with Crippen molar-refractivity contribution in [2.75, 3.05) is 188 Å². The number of hydrogen-bond acceptors (Lipinski definition) is 31. The Kier molecular flexibility index (Phi) is 27.3. The lowest BCUT2D eigenvalue weighted by Crippen LogP contribution is -2.41. The van der Waals surface area contributed by atoms with Crippen molar-refractivity contribution in [3.8, 4) is 40.6 Å². The minimum atomic E-state index is -0.874. The third kappa shape index (κ3) is 37.4. The molecular weight excluding hydrogens is 2010 g/mol. The summed E-state index contributed by atoms with van der Waals surface area (Å²) in [6.07, 6.45) is 2.19. The topological polar surface area (TPSA) is 412 Å². The molecule has 8 heterocycles. The van der Waals surface area contributed by atoms with E-state index in [1.165, 1.54) is 30.3 Å². The number of amides is 2. The Morgan fingerprint density at radius 1 is 0.475 bits per heavy atom. The minimum Gasteiger partial charge on any atom is -0.508 e. The number of pyridine rings is 6. The zero-order valence-corrected chi connectivity index (χ0v) is 85.6. The summed E-state index contributed by atoms with van der Waals surface area (Å²) in [5.74, 6) is 4.19. The average molecular weight is 2310 g/mol. The van der Waals surface area contributed by atoms with E-state index in [9.17, 15) is 29.0 Å². The van der Waals surface area contributed by atoms with Crippen LogP contribution in [0.3, 0.4) is 0 Å². The Morgan fingerprint density at radius 2 is 0.813 bits per heavy atom. The Morgan fingerprint density at radius 3 is 1.19 bits per heavy atom. The molecule has 0 bridgehead atoms. The number of benzene rings is 4. The van der Waals surface area contributed by atoms with E-state index < -0.39 is 37.3 Å². The number of ether oxygens (including phenoxy) is 9. The number of aldehydes is 3. The fourth-order valence-electron chi connectivity index (χ4n) is 11.5. The lowest BCUT2D eigenvalue weighted by Gasteiger charge is -2.32. The smallest absolute Gasteiger partial charge is 0.495 e. The zero-order valence-electron chi connectivity index (χ0n) is 175. The molecule has 37 nitrogen and oxygen atoms in total. The van der Waals surface area contributed by atoms with E-state index in [4.69, 9.17) is 288 Å². The number of hydrogen-bond donors (Lipinski definition) is 5. The highest BCUT2D eigenvalue weighted by Gasteiger charge is 2.52. The van der Waals surface area contributed by atoms with Gasteiger partial charge in [-0.1, -0.05) is 90.4 Å². The second-order valence-electron chi connectivity index (χ2n) is 30.2. The number of carbonyl (C=O) groups excluding carboxylic acids is 5. The SMILES string of the molecule is CNCCOC.COCCN(C)c1nc(Cl)ccc1C(N)=O.NC(=O)c1ccc(Cl)nc1Cl.O=Cc1cc(O)ccc1Br.[2H][2H].[2H][2H].[2H][2H].[2H][2H].[2H][2H].[2H][2H].[2H][2H].[2H][2H].[2H][2H].[2H][2H].[2H][2H].[2H][2H].[2H][2H].[2H][2H].[2H][2H].[2H][2H].[2H][2H].[2H][2H].[2H][2H].[2H][2H].[2H][2H].[2H][2H].[2H][2H].[2H][2H].[2H][2H].[2H][2H].[2H][2H].[2H][2H].[2H][2H].[2H][2H].[2H][2H].[2H][2H].[2H][2H].[2H][2H].[2H][2H].[2H][2H].[2H][2H].[2H][2H].[2H][2H].[2H][2H].[2H][2H].[2H][2H].[2H][2H].[2H][2H].[2H][2H].[2H][2H].[2H][2H].[2H][2H].[C-]#[N+]c1ccc(Cl)nc1N(C)CCOC.[C-]#[N+]c1ccc(Oc2ccc(B3OC(C)(C)C(C)(C)O3)c(C=O)c2)nc1N(C)CCOC.[C-]#[N+]c1ccc(Oc2ccc(Br)c(C=O)c2)nc1N(C)CCOC.[C-]#[N+]c1ccc(Oc2ccc3c(c2)COB3O)nc1N(C)CCOC. The van der Waals surface area contributed by atoms with Crippen molar-refractivity contribution in [3.05, 3.63) is 254 Å². The number of primary amides is 2. The molecule has 0 saturated carbocycles. The van der Waals surface area contributed by atoms with E-state index >= 15 is 0 Å². The van der Waals surface area contributed by atoms with Gasteiger partial charge in [-0.25, -0.2) is 49.3 Å². The Bertz CT molecular complexity index is 6120. The van der Waals surface area contributed by atoms with Gasteiger partial charge in [0.1, 0.15) is 79.0 Å². The molecule has 10 aromatic rings. The quantitative estimate of drug-likeness (QED) is 0.00809. The summed E-state index contributed by atoms with van der Waals surface area (Å²) in [6, 6.07) is 39.3. The van der Waals surface area contributed by atoms with Gasteiger partial charge in [-0.05, 0) is 185 Å². The summed E-state index contributed by atoms with van der Waals surface area (Å²) in [6.45, 7) is 44.6. The van der Waals surface area contributed by atoms with Gasteiger partial charge in [-0.2, -0.15) is 0 Å². The summed E-state index contributed by atoms with van der Waals surface area (Å²) in [5, 5.41) is 22.5. The summed E-state index contributed by atoms with van der Waals surface area (Å²) in [5.41, 5.74) is 15.2. The second kappa shape index (κ2) is 60.5. The number of rotatable bonds is 35. The largest absolute Gasteiger partial charge is 0.508 e. The fraction of sp³-hybridized carbons (Fsp3) is 0.330. The van der Waals surface area contributed by atoms with Gasteiger partial charge < -0.3 is 108 Å². The van der Waals surface area contributed by atoms with Crippen LogP contribution in [0.5, 0.6) is 40.6 Å². The molecule has 832 valence electrons. The van der Waals surface area contributed by atoms with Gasteiger partial charge in [0.2, 0.25) is 40.4 Å². The van der Waals surface area contributed by atoms with Gasteiger partial charge >= 0.3 is 14.2 Å². The van der Waals surface area contributed by atoms with Gasteiger partial charge in [0.05, 0.1) is 94.9 Å². The summed E-state index contributed by atoms with van der Waals surface area (Å²) in [7, 11) is 19.4. The first-order valence-corrected chi connectivity index (χ1v) is 44.9. The first-order chi connectivity index (χ1) is 114. The van der Waals surface area contributed by atoms with Crippen LogP contribution in [0.4, 0.5) is 51.8 Å². The molecule has 4 aromatic carbocycles. The van der Waals surface area contributed by atoms with Crippen LogP contribution in [-0.4, -0.2) is 260 Å². The number of nitrogens with two attached hydrogens (primary N) is 2. The van der Waals surface area contributed by atoms with Crippen LogP contribution in [-0.2, 0) is 49.0 Å². The highest BCUT2D eigenvalue weighted by Crippen LogP contribution is 2.39. The number of carbonyl (C=O) groups is 5. The molecule has 2 aliphatic rings. The number of aromatic nitrogens is 6. The van der Waals surface area contributed by atoms with Gasteiger partial charge in [0, 0.05) is 285 Å². The molecule has 7 N–H and O–H groups in total. The number of nitrogens with one attached hydrogen (secondary N) is 1. The summed E-state index contributed by atoms with van der Waals surface area (Å²) < 4.78 is 546. The van der Waals surface area contributed by atoms with E-state index in [2.05, 4.69) is 86.5 Å². The average Bonchev–Trinajstić information content (AvgIpc) is 1.61. The molecule has 6 aromatic heterocycles. The van der Waals surface area contributed by atoms with Crippen LogP contribution in [0.2, 0.25) is 20.6 Å².